The zero-order chi connectivity index (χ0) is 11.9. The lowest BCUT2D eigenvalue weighted by atomic mass is 10.0. The molecule has 0 bridgehead atoms. The zero-order valence-electron chi connectivity index (χ0n) is 10.4. The molecule has 0 radical (unpaired) electrons. The minimum atomic E-state index is -0.405. The summed E-state index contributed by atoms with van der Waals surface area (Å²) in [7, 11) is 0. The summed E-state index contributed by atoms with van der Waals surface area (Å²) in [6, 6.07) is 4.39. The van der Waals surface area contributed by atoms with Crippen LogP contribution in [0.4, 0.5) is 0 Å². The zero-order valence-corrected chi connectivity index (χ0v) is 10.4. The van der Waals surface area contributed by atoms with Crippen molar-refractivity contribution >= 4 is 10.9 Å². The van der Waals surface area contributed by atoms with E-state index in [1.165, 1.54) is 22.0 Å². The third-order valence-electron chi connectivity index (χ3n) is 3.32. The van der Waals surface area contributed by atoms with E-state index < -0.39 is 6.10 Å². The van der Waals surface area contributed by atoms with Crippen LogP contribution in [0.5, 0.6) is 0 Å². The van der Waals surface area contributed by atoms with Crippen LogP contribution in [0.1, 0.15) is 36.6 Å². The normalized spacial score (nSPS) is 13.3. The average Bonchev–Trinajstić information content (AvgIpc) is 2.57. The van der Waals surface area contributed by atoms with Crippen LogP contribution < -0.4 is 0 Å². The van der Waals surface area contributed by atoms with Crippen LogP contribution in [-0.4, -0.2) is 9.67 Å². The van der Waals surface area contributed by atoms with Gasteiger partial charge >= 0.3 is 0 Å². The monoisotopic (exact) mass is 217 g/mol. The second-order valence-electron chi connectivity index (χ2n) is 4.50. The second-order valence-corrected chi connectivity index (χ2v) is 4.50. The van der Waals surface area contributed by atoms with Gasteiger partial charge in [0.15, 0.2) is 0 Å². The molecule has 0 aliphatic rings. The van der Waals surface area contributed by atoms with Gasteiger partial charge in [-0.05, 0) is 51.0 Å². The van der Waals surface area contributed by atoms with E-state index in [1.54, 1.807) is 0 Å². The number of aromatic nitrogens is 1. The Morgan fingerprint density at radius 1 is 1.25 bits per heavy atom. The number of rotatable bonds is 2. The number of aliphatic hydroxyl groups excluding tert-OH is 1. The first-order valence-corrected chi connectivity index (χ1v) is 5.82. The topological polar surface area (TPSA) is 25.2 Å². The Hall–Kier alpha value is -1.28. The molecule has 2 rings (SSSR count). The molecule has 0 amide bonds. The molecule has 0 spiro atoms. The SMILES string of the molecule is CCn1cc(C(C)O)c2cc(C)c(C)cc21. The number of nitrogens with zero attached hydrogens (tertiary/aromatic N) is 1. The maximum absolute atomic E-state index is 9.78. The van der Waals surface area contributed by atoms with Crippen LogP contribution in [-0.2, 0) is 6.54 Å². The predicted molar refractivity (Wildman–Crippen MR) is 67.7 cm³/mol. The molecule has 1 unspecified atom stereocenters. The van der Waals surface area contributed by atoms with Gasteiger partial charge in [0.2, 0.25) is 0 Å². The van der Waals surface area contributed by atoms with Gasteiger partial charge in [-0.2, -0.15) is 0 Å². The van der Waals surface area contributed by atoms with Crippen molar-refractivity contribution in [2.75, 3.05) is 0 Å². The van der Waals surface area contributed by atoms with E-state index in [-0.39, 0.29) is 0 Å². The molecule has 0 aliphatic carbocycles. The maximum Gasteiger partial charge on any atom is 0.0782 e. The number of fused-ring (bicyclic) bond motifs is 1. The van der Waals surface area contributed by atoms with E-state index in [2.05, 4.69) is 43.7 Å². The molecular formula is C14H19NO. The Labute approximate surface area is 96.5 Å². The quantitative estimate of drug-likeness (QED) is 0.820. The Bertz CT molecular complexity index is 523. The molecule has 0 fully saturated rings. The Morgan fingerprint density at radius 3 is 2.44 bits per heavy atom. The molecule has 86 valence electrons. The van der Waals surface area contributed by atoms with E-state index in [0.717, 1.165) is 12.1 Å². The van der Waals surface area contributed by atoms with Crippen LogP contribution in [0, 0.1) is 13.8 Å². The van der Waals surface area contributed by atoms with E-state index in [0.29, 0.717) is 0 Å². The summed E-state index contributed by atoms with van der Waals surface area (Å²) < 4.78 is 2.20. The number of hydrogen-bond donors (Lipinski definition) is 1. The number of hydrogen-bond acceptors (Lipinski definition) is 1. The van der Waals surface area contributed by atoms with Gasteiger partial charge in [0.05, 0.1) is 6.10 Å². The fourth-order valence-electron chi connectivity index (χ4n) is 2.17. The van der Waals surface area contributed by atoms with Gasteiger partial charge in [0.1, 0.15) is 0 Å². The van der Waals surface area contributed by atoms with Crippen LogP contribution in [0.25, 0.3) is 10.9 Å². The smallest absolute Gasteiger partial charge is 0.0782 e. The highest BCUT2D eigenvalue weighted by Gasteiger charge is 2.12. The Morgan fingerprint density at radius 2 is 1.88 bits per heavy atom. The molecule has 16 heavy (non-hydrogen) atoms. The molecule has 1 atom stereocenters. The molecule has 1 aromatic heterocycles. The summed E-state index contributed by atoms with van der Waals surface area (Å²) in [5.41, 5.74) is 4.84. The second kappa shape index (κ2) is 3.95. The van der Waals surface area contributed by atoms with E-state index >= 15 is 0 Å². The maximum atomic E-state index is 9.78. The minimum Gasteiger partial charge on any atom is -0.389 e. The molecule has 2 nitrogen and oxygen atoms in total. The molecule has 1 aromatic carbocycles. The summed E-state index contributed by atoms with van der Waals surface area (Å²) in [5, 5.41) is 11.0. The minimum absolute atomic E-state index is 0.405. The molecule has 0 saturated carbocycles. The van der Waals surface area contributed by atoms with Gasteiger partial charge in [-0.15, -0.1) is 0 Å². The molecule has 1 heterocycles. The van der Waals surface area contributed by atoms with Gasteiger partial charge in [0, 0.05) is 29.2 Å². The van der Waals surface area contributed by atoms with Gasteiger partial charge < -0.3 is 9.67 Å². The third-order valence-corrected chi connectivity index (χ3v) is 3.32. The molecule has 0 aliphatic heterocycles. The Balaban J connectivity index is 2.80. The average molecular weight is 217 g/mol. The summed E-state index contributed by atoms with van der Waals surface area (Å²) in [6.07, 6.45) is 1.66. The first-order valence-electron chi connectivity index (χ1n) is 5.82. The summed E-state index contributed by atoms with van der Waals surface area (Å²) in [5.74, 6) is 0. The van der Waals surface area contributed by atoms with Crippen molar-refractivity contribution in [3.05, 3.63) is 35.0 Å². The third kappa shape index (κ3) is 1.63. The molecular weight excluding hydrogens is 198 g/mol. The standard InChI is InChI=1S/C14H19NO/c1-5-15-8-13(11(4)16)12-6-9(2)10(3)7-14(12)15/h6-8,11,16H,5H2,1-4H3. The van der Waals surface area contributed by atoms with Crippen molar-refractivity contribution in [1.82, 2.24) is 4.57 Å². The van der Waals surface area contributed by atoms with Crippen molar-refractivity contribution in [3.8, 4) is 0 Å². The molecule has 1 N–H and O–H groups in total. The summed E-state index contributed by atoms with van der Waals surface area (Å²) in [6.45, 7) is 9.13. The molecule has 2 aromatic rings. The first-order chi connectivity index (χ1) is 7.54. The van der Waals surface area contributed by atoms with Crippen molar-refractivity contribution in [1.29, 1.82) is 0 Å². The summed E-state index contributed by atoms with van der Waals surface area (Å²) >= 11 is 0. The highest BCUT2D eigenvalue weighted by molar-refractivity contribution is 5.86. The van der Waals surface area contributed by atoms with Crippen LogP contribution in [0.3, 0.4) is 0 Å². The highest BCUT2D eigenvalue weighted by atomic mass is 16.3. The van der Waals surface area contributed by atoms with Crippen molar-refractivity contribution in [3.63, 3.8) is 0 Å². The van der Waals surface area contributed by atoms with E-state index in [1.807, 2.05) is 6.92 Å². The van der Waals surface area contributed by atoms with Gasteiger partial charge in [-0.1, -0.05) is 0 Å². The Kier molecular flexibility index (Phi) is 2.76. The predicted octanol–water partition coefficient (Wildman–Crippen LogP) is 3.33. The largest absolute Gasteiger partial charge is 0.389 e. The van der Waals surface area contributed by atoms with Gasteiger partial charge in [-0.3, -0.25) is 0 Å². The van der Waals surface area contributed by atoms with Crippen LogP contribution in [0.2, 0.25) is 0 Å². The first kappa shape index (κ1) is 11.2. The lowest BCUT2D eigenvalue weighted by molar-refractivity contribution is 0.200. The summed E-state index contributed by atoms with van der Waals surface area (Å²) in [4.78, 5) is 0. The fourth-order valence-corrected chi connectivity index (χ4v) is 2.17. The highest BCUT2D eigenvalue weighted by Crippen LogP contribution is 2.28. The van der Waals surface area contributed by atoms with Crippen LogP contribution in [0.15, 0.2) is 18.3 Å². The van der Waals surface area contributed by atoms with Crippen molar-refractivity contribution in [2.45, 2.75) is 40.3 Å². The number of aryl methyl sites for hydroxylation is 3. The van der Waals surface area contributed by atoms with E-state index in [9.17, 15) is 5.11 Å². The number of aliphatic hydroxyl groups is 1. The fraction of sp³-hybridized carbons (Fsp3) is 0.429. The molecule has 0 saturated heterocycles. The number of benzene rings is 1. The van der Waals surface area contributed by atoms with Gasteiger partial charge in [-0.25, -0.2) is 0 Å². The van der Waals surface area contributed by atoms with Crippen molar-refractivity contribution in [2.24, 2.45) is 0 Å². The van der Waals surface area contributed by atoms with Crippen LogP contribution >= 0.6 is 0 Å². The van der Waals surface area contributed by atoms with Gasteiger partial charge in [0.25, 0.3) is 0 Å². The lowest BCUT2D eigenvalue weighted by Gasteiger charge is -2.05. The lowest BCUT2D eigenvalue weighted by Crippen LogP contribution is -1.91. The van der Waals surface area contributed by atoms with Crippen molar-refractivity contribution < 1.29 is 5.11 Å². The molecule has 2 heteroatoms. The van der Waals surface area contributed by atoms with E-state index in [4.69, 9.17) is 0 Å².